The number of hydrogen-bond acceptors (Lipinski definition) is 4. The van der Waals surface area contributed by atoms with Gasteiger partial charge in [-0.15, -0.1) is 0 Å². The zero-order chi connectivity index (χ0) is 11.4. The van der Waals surface area contributed by atoms with Gasteiger partial charge in [0.25, 0.3) is 0 Å². The van der Waals surface area contributed by atoms with E-state index in [9.17, 15) is 0 Å². The molecule has 5 heteroatoms. The lowest BCUT2D eigenvalue weighted by Crippen LogP contribution is -2.41. The Morgan fingerprint density at radius 3 is 3.19 bits per heavy atom. The summed E-state index contributed by atoms with van der Waals surface area (Å²) in [6.07, 6.45) is 7.13. The molecule has 0 saturated carbocycles. The van der Waals surface area contributed by atoms with E-state index >= 15 is 0 Å². The summed E-state index contributed by atoms with van der Waals surface area (Å²) in [4.78, 5) is 0. The van der Waals surface area contributed by atoms with Crippen LogP contribution in [0.4, 0.5) is 0 Å². The molecule has 1 fully saturated rings. The minimum absolute atomic E-state index is 0.350. The van der Waals surface area contributed by atoms with Crippen LogP contribution in [-0.2, 0) is 18.2 Å². The van der Waals surface area contributed by atoms with Crippen LogP contribution in [0.25, 0.3) is 0 Å². The molecular weight excluding hydrogens is 204 g/mol. The van der Waals surface area contributed by atoms with Crippen LogP contribution in [-0.4, -0.2) is 29.0 Å². The van der Waals surface area contributed by atoms with E-state index in [-0.39, 0.29) is 0 Å². The Bertz CT molecular complexity index is 320. The van der Waals surface area contributed by atoms with Gasteiger partial charge in [0.15, 0.2) is 0 Å². The van der Waals surface area contributed by atoms with Crippen molar-refractivity contribution < 1.29 is 4.74 Å². The highest BCUT2D eigenvalue weighted by Crippen LogP contribution is 2.19. The third-order valence-electron chi connectivity index (χ3n) is 3.25. The molecule has 2 heterocycles. The molecule has 5 nitrogen and oxygen atoms in total. The molecule has 3 N–H and O–H groups in total. The van der Waals surface area contributed by atoms with Crippen LogP contribution in [0.5, 0.6) is 0 Å². The maximum absolute atomic E-state index is 5.60. The Kier molecular flexibility index (Phi) is 3.93. The monoisotopic (exact) mass is 224 g/mol. The first-order valence-corrected chi connectivity index (χ1v) is 5.81. The first-order chi connectivity index (χ1) is 7.79. The molecule has 2 atom stereocenters. The zero-order valence-corrected chi connectivity index (χ0v) is 9.72. The van der Waals surface area contributed by atoms with Gasteiger partial charge in [0, 0.05) is 31.8 Å². The number of aromatic nitrogens is 2. The lowest BCUT2D eigenvalue weighted by atomic mass is 9.94. The predicted octanol–water partition coefficient (Wildman–Crippen LogP) is 0.221. The number of nitrogens with two attached hydrogens (primary N) is 1. The summed E-state index contributed by atoms with van der Waals surface area (Å²) in [5, 5.41) is 4.16. The van der Waals surface area contributed by atoms with Gasteiger partial charge in [-0.1, -0.05) is 0 Å². The Labute approximate surface area is 95.9 Å². The lowest BCUT2D eigenvalue weighted by Gasteiger charge is -2.20. The van der Waals surface area contributed by atoms with Crippen LogP contribution in [0, 0.1) is 5.92 Å². The number of nitrogens with one attached hydrogen (secondary N) is 1. The lowest BCUT2D eigenvalue weighted by molar-refractivity contribution is 0.175. The SMILES string of the molecule is Cn1cc(CCC(NN)C2CCOC2)cn1. The van der Waals surface area contributed by atoms with E-state index < -0.39 is 0 Å². The summed E-state index contributed by atoms with van der Waals surface area (Å²) in [6, 6.07) is 0.350. The van der Waals surface area contributed by atoms with Gasteiger partial charge in [-0.2, -0.15) is 5.10 Å². The van der Waals surface area contributed by atoms with Crippen molar-refractivity contribution >= 4 is 0 Å². The van der Waals surface area contributed by atoms with Crippen LogP contribution in [0.2, 0.25) is 0 Å². The number of aryl methyl sites for hydroxylation is 2. The fraction of sp³-hybridized carbons (Fsp3) is 0.727. The quantitative estimate of drug-likeness (QED) is 0.555. The summed E-state index contributed by atoms with van der Waals surface area (Å²) < 4.78 is 7.22. The molecule has 0 aliphatic carbocycles. The van der Waals surface area contributed by atoms with Crippen molar-refractivity contribution in [2.24, 2.45) is 18.8 Å². The Hall–Kier alpha value is -0.910. The fourth-order valence-corrected chi connectivity index (χ4v) is 2.25. The standard InChI is InChI=1S/C11H20N4O/c1-15-7-9(6-13-15)2-3-11(14-12)10-4-5-16-8-10/h6-7,10-11,14H,2-5,8,12H2,1H3. The average Bonchev–Trinajstić information content (AvgIpc) is 2.91. The molecule has 2 rings (SSSR count). The molecule has 1 aliphatic rings. The highest BCUT2D eigenvalue weighted by atomic mass is 16.5. The van der Waals surface area contributed by atoms with Crippen LogP contribution in [0.1, 0.15) is 18.4 Å². The van der Waals surface area contributed by atoms with Gasteiger partial charge in [-0.05, 0) is 24.8 Å². The second-order valence-corrected chi connectivity index (χ2v) is 4.46. The molecule has 1 aromatic rings. The molecule has 0 radical (unpaired) electrons. The highest BCUT2D eigenvalue weighted by molar-refractivity contribution is 5.04. The van der Waals surface area contributed by atoms with Crippen molar-refractivity contribution in [2.45, 2.75) is 25.3 Å². The third kappa shape index (κ3) is 2.81. The molecular formula is C11H20N4O. The predicted molar refractivity (Wildman–Crippen MR) is 61.6 cm³/mol. The van der Waals surface area contributed by atoms with Gasteiger partial charge < -0.3 is 4.74 Å². The number of nitrogens with zero attached hydrogens (tertiary/aromatic N) is 2. The second-order valence-electron chi connectivity index (χ2n) is 4.46. The summed E-state index contributed by atoms with van der Waals surface area (Å²) in [7, 11) is 1.94. The number of ether oxygens (including phenoxy) is 1. The second kappa shape index (κ2) is 5.43. The van der Waals surface area contributed by atoms with Crippen LogP contribution in [0.15, 0.2) is 12.4 Å². The smallest absolute Gasteiger partial charge is 0.0521 e. The summed E-state index contributed by atoms with van der Waals surface area (Å²) in [5.74, 6) is 6.15. The summed E-state index contributed by atoms with van der Waals surface area (Å²) >= 11 is 0. The first-order valence-electron chi connectivity index (χ1n) is 5.81. The van der Waals surface area contributed by atoms with E-state index in [1.807, 2.05) is 17.9 Å². The van der Waals surface area contributed by atoms with Gasteiger partial charge in [0.1, 0.15) is 0 Å². The van der Waals surface area contributed by atoms with E-state index in [0.29, 0.717) is 12.0 Å². The van der Waals surface area contributed by atoms with E-state index in [4.69, 9.17) is 10.6 Å². The zero-order valence-electron chi connectivity index (χ0n) is 9.72. The molecule has 0 aromatic carbocycles. The Balaban J connectivity index is 1.82. The molecule has 0 amide bonds. The van der Waals surface area contributed by atoms with Crippen LogP contribution < -0.4 is 11.3 Å². The van der Waals surface area contributed by atoms with Gasteiger partial charge >= 0.3 is 0 Å². The maximum Gasteiger partial charge on any atom is 0.0521 e. The molecule has 0 spiro atoms. The van der Waals surface area contributed by atoms with E-state index in [1.165, 1.54) is 5.56 Å². The molecule has 1 aliphatic heterocycles. The van der Waals surface area contributed by atoms with Gasteiger partial charge in [-0.3, -0.25) is 16.0 Å². The Morgan fingerprint density at radius 2 is 2.62 bits per heavy atom. The minimum Gasteiger partial charge on any atom is -0.381 e. The van der Waals surface area contributed by atoms with Crippen LogP contribution in [0.3, 0.4) is 0 Å². The van der Waals surface area contributed by atoms with Crippen molar-refractivity contribution in [2.75, 3.05) is 13.2 Å². The van der Waals surface area contributed by atoms with E-state index in [1.54, 1.807) is 0 Å². The Morgan fingerprint density at radius 1 is 1.75 bits per heavy atom. The molecule has 1 aromatic heterocycles. The minimum atomic E-state index is 0.350. The average molecular weight is 224 g/mol. The first kappa shape index (κ1) is 11.6. The van der Waals surface area contributed by atoms with Gasteiger partial charge in [0.05, 0.1) is 12.8 Å². The number of hydrogen-bond donors (Lipinski definition) is 2. The third-order valence-corrected chi connectivity index (χ3v) is 3.25. The van der Waals surface area contributed by atoms with E-state index in [2.05, 4.69) is 16.7 Å². The summed E-state index contributed by atoms with van der Waals surface area (Å²) in [6.45, 7) is 1.71. The molecule has 1 saturated heterocycles. The highest BCUT2D eigenvalue weighted by Gasteiger charge is 2.24. The van der Waals surface area contributed by atoms with Crippen molar-refractivity contribution in [3.63, 3.8) is 0 Å². The van der Waals surface area contributed by atoms with Gasteiger partial charge in [-0.25, -0.2) is 0 Å². The van der Waals surface area contributed by atoms with Gasteiger partial charge in [0.2, 0.25) is 0 Å². The van der Waals surface area contributed by atoms with Crippen molar-refractivity contribution in [1.82, 2.24) is 15.2 Å². The largest absolute Gasteiger partial charge is 0.381 e. The van der Waals surface area contributed by atoms with E-state index in [0.717, 1.165) is 32.5 Å². The molecule has 2 unspecified atom stereocenters. The van der Waals surface area contributed by atoms with Crippen molar-refractivity contribution in [3.8, 4) is 0 Å². The normalized spacial score (nSPS) is 22.5. The van der Waals surface area contributed by atoms with Crippen molar-refractivity contribution in [1.29, 1.82) is 0 Å². The number of hydrazine groups is 1. The molecule has 0 bridgehead atoms. The fourth-order valence-electron chi connectivity index (χ4n) is 2.25. The number of rotatable bonds is 5. The van der Waals surface area contributed by atoms with Crippen LogP contribution >= 0.6 is 0 Å². The topological polar surface area (TPSA) is 65.1 Å². The molecule has 90 valence electrons. The maximum atomic E-state index is 5.60. The van der Waals surface area contributed by atoms with Crippen molar-refractivity contribution in [3.05, 3.63) is 18.0 Å². The summed E-state index contributed by atoms with van der Waals surface area (Å²) in [5.41, 5.74) is 4.18. The molecule has 16 heavy (non-hydrogen) atoms.